The first-order valence-corrected chi connectivity index (χ1v) is 10.8. The minimum atomic E-state index is -0.0167. The molecule has 0 spiro atoms. The summed E-state index contributed by atoms with van der Waals surface area (Å²) >= 11 is 5.19. The summed E-state index contributed by atoms with van der Waals surface area (Å²) in [5.41, 5.74) is 0.829. The van der Waals surface area contributed by atoms with Crippen molar-refractivity contribution in [2.45, 2.75) is 84.0 Å². The summed E-state index contributed by atoms with van der Waals surface area (Å²) in [7, 11) is 1.63. The topological polar surface area (TPSA) is 50.4 Å². The highest BCUT2D eigenvalue weighted by molar-refractivity contribution is 7.80. The van der Waals surface area contributed by atoms with Gasteiger partial charge in [-0.3, -0.25) is 4.79 Å². The van der Waals surface area contributed by atoms with Crippen LogP contribution in [0.2, 0.25) is 0 Å². The van der Waals surface area contributed by atoms with Crippen molar-refractivity contribution >= 4 is 28.9 Å². The summed E-state index contributed by atoms with van der Waals surface area (Å²) in [6.45, 7) is 2.26. The van der Waals surface area contributed by atoms with Crippen LogP contribution < -0.4 is 15.4 Å². The Hall–Kier alpha value is -1.62. The second kappa shape index (κ2) is 15.4. The Kier molecular flexibility index (Phi) is 13.4. The number of nitrogens with one attached hydrogen (secondary N) is 2. The van der Waals surface area contributed by atoms with Crippen LogP contribution in [0.4, 0.5) is 5.69 Å². The maximum Gasteiger partial charge on any atom is 0.226 e. The van der Waals surface area contributed by atoms with E-state index in [9.17, 15) is 4.79 Å². The third kappa shape index (κ3) is 12.4. The molecular formula is C22H36N2O2S. The molecule has 0 fully saturated rings. The van der Waals surface area contributed by atoms with Gasteiger partial charge in [-0.2, -0.15) is 0 Å². The van der Waals surface area contributed by atoms with E-state index in [1.807, 2.05) is 24.3 Å². The Labute approximate surface area is 170 Å². The molecule has 0 aliphatic heterocycles. The molecule has 5 heteroatoms. The average molecular weight is 393 g/mol. The van der Waals surface area contributed by atoms with Gasteiger partial charge in [0.15, 0.2) is 5.11 Å². The van der Waals surface area contributed by atoms with E-state index in [4.69, 9.17) is 17.0 Å². The summed E-state index contributed by atoms with van der Waals surface area (Å²) in [6.07, 6.45) is 14.6. The van der Waals surface area contributed by atoms with Crippen LogP contribution in [0.25, 0.3) is 0 Å². The van der Waals surface area contributed by atoms with Gasteiger partial charge in [0.05, 0.1) is 7.11 Å². The molecule has 0 heterocycles. The molecule has 0 saturated heterocycles. The van der Waals surface area contributed by atoms with Crippen LogP contribution in [0.5, 0.6) is 5.75 Å². The number of ether oxygens (including phenoxy) is 1. The summed E-state index contributed by atoms with van der Waals surface area (Å²) < 4.78 is 5.11. The van der Waals surface area contributed by atoms with Crippen LogP contribution in [-0.4, -0.2) is 18.1 Å². The van der Waals surface area contributed by atoms with E-state index in [1.165, 1.54) is 57.8 Å². The second-order valence-corrected chi connectivity index (χ2v) is 7.42. The van der Waals surface area contributed by atoms with Gasteiger partial charge in [-0.05, 0) is 42.9 Å². The number of carbonyl (C=O) groups is 1. The van der Waals surface area contributed by atoms with Crippen molar-refractivity contribution < 1.29 is 9.53 Å². The number of rotatable bonds is 14. The van der Waals surface area contributed by atoms with Gasteiger partial charge in [0, 0.05) is 12.1 Å². The lowest BCUT2D eigenvalue weighted by Crippen LogP contribution is -2.33. The van der Waals surface area contributed by atoms with Gasteiger partial charge in [-0.1, -0.05) is 71.1 Å². The molecule has 0 bridgehead atoms. The monoisotopic (exact) mass is 392 g/mol. The van der Waals surface area contributed by atoms with Crippen molar-refractivity contribution in [1.82, 2.24) is 5.32 Å². The molecule has 4 nitrogen and oxygen atoms in total. The highest BCUT2D eigenvalue weighted by Crippen LogP contribution is 2.15. The van der Waals surface area contributed by atoms with Crippen molar-refractivity contribution in [2.75, 3.05) is 12.4 Å². The molecule has 27 heavy (non-hydrogen) atoms. The quantitative estimate of drug-likeness (QED) is 0.292. The van der Waals surface area contributed by atoms with Gasteiger partial charge in [-0.25, -0.2) is 0 Å². The summed E-state index contributed by atoms with van der Waals surface area (Å²) in [4.78, 5) is 11.9. The molecule has 0 saturated carbocycles. The number of thiocarbonyl (C=S) groups is 1. The number of hydrogen-bond donors (Lipinski definition) is 2. The fraction of sp³-hybridized carbons (Fsp3) is 0.636. The molecule has 1 aromatic carbocycles. The van der Waals surface area contributed by atoms with Gasteiger partial charge < -0.3 is 15.4 Å². The van der Waals surface area contributed by atoms with E-state index >= 15 is 0 Å². The molecule has 1 rings (SSSR count). The highest BCUT2D eigenvalue weighted by Gasteiger charge is 2.05. The molecule has 0 radical (unpaired) electrons. The van der Waals surface area contributed by atoms with Crippen molar-refractivity contribution in [2.24, 2.45) is 0 Å². The van der Waals surface area contributed by atoms with Crippen LogP contribution >= 0.6 is 12.2 Å². The zero-order valence-corrected chi connectivity index (χ0v) is 17.8. The Morgan fingerprint density at radius 2 is 1.41 bits per heavy atom. The Morgan fingerprint density at radius 3 is 1.93 bits per heavy atom. The summed E-state index contributed by atoms with van der Waals surface area (Å²) in [5.74, 6) is 0.768. The van der Waals surface area contributed by atoms with E-state index < -0.39 is 0 Å². The predicted octanol–water partition coefficient (Wildman–Crippen LogP) is 6.21. The highest BCUT2D eigenvalue weighted by atomic mass is 32.1. The second-order valence-electron chi connectivity index (χ2n) is 7.02. The third-order valence-electron chi connectivity index (χ3n) is 4.61. The lowest BCUT2D eigenvalue weighted by Gasteiger charge is -2.10. The molecular weight excluding hydrogens is 356 g/mol. The fourth-order valence-corrected chi connectivity index (χ4v) is 3.21. The Morgan fingerprint density at radius 1 is 0.889 bits per heavy atom. The van der Waals surface area contributed by atoms with Crippen molar-refractivity contribution in [3.8, 4) is 5.75 Å². The van der Waals surface area contributed by atoms with E-state index in [-0.39, 0.29) is 5.91 Å². The largest absolute Gasteiger partial charge is 0.497 e. The van der Waals surface area contributed by atoms with Crippen molar-refractivity contribution in [1.29, 1.82) is 0 Å². The van der Waals surface area contributed by atoms with E-state index in [2.05, 4.69) is 17.6 Å². The van der Waals surface area contributed by atoms with Crippen molar-refractivity contribution in [3.63, 3.8) is 0 Å². The normalized spacial score (nSPS) is 10.4. The number of hydrogen-bond acceptors (Lipinski definition) is 3. The van der Waals surface area contributed by atoms with Gasteiger partial charge in [-0.15, -0.1) is 0 Å². The third-order valence-corrected chi connectivity index (χ3v) is 4.81. The maximum absolute atomic E-state index is 11.9. The van der Waals surface area contributed by atoms with Gasteiger partial charge in [0.1, 0.15) is 5.75 Å². The van der Waals surface area contributed by atoms with Crippen LogP contribution in [-0.2, 0) is 4.79 Å². The first kappa shape index (κ1) is 23.4. The number of methoxy groups -OCH3 is 1. The molecule has 0 aliphatic carbocycles. The Balaban J connectivity index is 1.99. The van der Waals surface area contributed by atoms with Crippen molar-refractivity contribution in [3.05, 3.63) is 24.3 Å². The van der Waals surface area contributed by atoms with Gasteiger partial charge >= 0.3 is 0 Å². The van der Waals surface area contributed by atoms with Crippen LogP contribution in [0, 0.1) is 0 Å². The van der Waals surface area contributed by atoms with Gasteiger partial charge in [0.25, 0.3) is 0 Å². The number of anilines is 1. The smallest absolute Gasteiger partial charge is 0.226 e. The molecule has 1 aromatic rings. The number of unbranched alkanes of at least 4 members (excludes halogenated alkanes) is 10. The SMILES string of the molecule is CCCCCCCCCCCCCC(=O)NC(=S)Nc1ccc(OC)cc1. The summed E-state index contributed by atoms with van der Waals surface area (Å²) in [5, 5.41) is 6.09. The zero-order valence-electron chi connectivity index (χ0n) is 17.0. The summed E-state index contributed by atoms with van der Waals surface area (Å²) in [6, 6.07) is 7.41. The number of benzene rings is 1. The predicted molar refractivity (Wildman–Crippen MR) is 118 cm³/mol. The zero-order chi connectivity index (χ0) is 19.7. The van der Waals surface area contributed by atoms with E-state index in [1.54, 1.807) is 7.11 Å². The van der Waals surface area contributed by atoms with E-state index in [0.29, 0.717) is 11.5 Å². The minimum absolute atomic E-state index is 0.0167. The first-order chi connectivity index (χ1) is 13.2. The molecule has 0 aliphatic rings. The maximum atomic E-state index is 11.9. The molecule has 1 amide bonds. The van der Waals surface area contributed by atoms with Crippen LogP contribution in [0.3, 0.4) is 0 Å². The van der Waals surface area contributed by atoms with Crippen LogP contribution in [0.1, 0.15) is 84.0 Å². The van der Waals surface area contributed by atoms with Crippen LogP contribution in [0.15, 0.2) is 24.3 Å². The van der Waals surface area contributed by atoms with Gasteiger partial charge in [0.2, 0.25) is 5.91 Å². The lowest BCUT2D eigenvalue weighted by atomic mass is 10.1. The molecule has 2 N–H and O–H groups in total. The Bertz CT molecular complexity index is 532. The fourth-order valence-electron chi connectivity index (χ4n) is 2.98. The first-order valence-electron chi connectivity index (χ1n) is 10.4. The molecule has 0 atom stereocenters. The molecule has 0 aromatic heterocycles. The standard InChI is InChI=1S/C22H36N2O2S/c1-3-4-5-6-7-8-9-10-11-12-13-14-21(25)24-22(27)23-19-15-17-20(26-2)18-16-19/h15-18H,3-14H2,1-2H3,(H2,23,24,25,27). The number of amides is 1. The molecule has 152 valence electrons. The average Bonchev–Trinajstić information content (AvgIpc) is 2.66. The lowest BCUT2D eigenvalue weighted by molar-refractivity contribution is -0.119. The van der Waals surface area contributed by atoms with E-state index in [0.717, 1.165) is 24.3 Å². The number of carbonyl (C=O) groups excluding carboxylic acids is 1. The molecule has 0 unspecified atom stereocenters. The minimum Gasteiger partial charge on any atom is -0.497 e.